The van der Waals surface area contributed by atoms with Crippen molar-refractivity contribution in [1.29, 1.82) is 0 Å². The van der Waals surface area contributed by atoms with Gasteiger partial charge in [-0.15, -0.1) is 0 Å². The van der Waals surface area contributed by atoms with Crippen molar-refractivity contribution in [3.05, 3.63) is 39.0 Å². The van der Waals surface area contributed by atoms with Crippen LogP contribution in [0.15, 0.2) is 12.1 Å². The lowest BCUT2D eigenvalue weighted by Crippen LogP contribution is -2.09. The molecule has 0 spiro atoms. The van der Waals surface area contributed by atoms with Gasteiger partial charge in [0.15, 0.2) is 0 Å². The molecule has 1 aliphatic carbocycles. The molecule has 4 heteroatoms. The zero-order valence-electron chi connectivity index (χ0n) is 10.2. The van der Waals surface area contributed by atoms with E-state index in [9.17, 15) is 0 Å². The Hall–Kier alpha value is -0.830. The Balaban J connectivity index is 2.38. The Labute approximate surface area is 116 Å². The predicted octanol–water partition coefficient (Wildman–Crippen LogP) is 3.75. The van der Waals surface area contributed by atoms with Gasteiger partial charge in [-0.2, -0.15) is 0 Å². The third kappa shape index (κ3) is 1.89. The predicted molar refractivity (Wildman–Crippen MR) is 76.6 cm³/mol. The SMILES string of the molecule is CNCc1c2c(nc3c(Cl)cc(Cl)cc13)CCC2. The van der Waals surface area contributed by atoms with Gasteiger partial charge in [0, 0.05) is 22.6 Å². The molecule has 1 aromatic heterocycles. The van der Waals surface area contributed by atoms with Crippen LogP contribution in [0.25, 0.3) is 10.9 Å². The number of hydrogen-bond acceptors (Lipinski definition) is 2. The molecule has 1 aromatic carbocycles. The van der Waals surface area contributed by atoms with Crippen LogP contribution in [0, 0.1) is 0 Å². The third-order valence-corrected chi connectivity index (χ3v) is 4.01. The molecular formula is C14H14Cl2N2. The van der Waals surface area contributed by atoms with Crippen molar-refractivity contribution in [2.45, 2.75) is 25.8 Å². The first-order valence-electron chi connectivity index (χ1n) is 6.14. The second kappa shape index (κ2) is 4.69. The molecule has 0 radical (unpaired) electrons. The molecule has 0 saturated heterocycles. The number of aromatic nitrogens is 1. The molecule has 0 bridgehead atoms. The van der Waals surface area contributed by atoms with Gasteiger partial charge in [-0.1, -0.05) is 23.2 Å². The largest absolute Gasteiger partial charge is 0.316 e. The Morgan fingerprint density at radius 2 is 2.11 bits per heavy atom. The number of nitrogens with one attached hydrogen (secondary N) is 1. The number of benzene rings is 1. The van der Waals surface area contributed by atoms with Crippen LogP contribution in [0.5, 0.6) is 0 Å². The zero-order chi connectivity index (χ0) is 12.7. The molecule has 0 aliphatic heterocycles. The fourth-order valence-corrected chi connectivity index (χ4v) is 3.30. The van der Waals surface area contributed by atoms with Crippen molar-refractivity contribution in [3.63, 3.8) is 0 Å². The van der Waals surface area contributed by atoms with Crippen molar-refractivity contribution in [1.82, 2.24) is 10.3 Å². The molecule has 0 fully saturated rings. The molecule has 0 amide bonds. The van der Waals surface area contributed by atoms with E-state index in [4.69, 9.17) is 28.2 Å². The van der Waals surface area contributed by atoms with Crippen LogP contribution in [0.1, 0.15) is 23.2 Å². The molecule has 0 atom stereocenters. The monoisotopic (exact) mass is 280 g/mol. The highest BCUT2D eigenvalue weighted by Gasteiger charge is 2.20. The van der Waals surface area contributed by atoms with Gasteiger partial charge < -0.3 is 5.32 Å². The van der Waals surface area contributed by atoms with E-state index in [1.807, 2.05) is 13.1 Å². The topological polar surface area (TPSA) is 24.9 Å². The number of halogens is 2. The van der Waals surface area contributed by atoms with Crippen molar-refractivity contribution in [2.24, 2.45) is 0 Å². The summed E-state index contributed by atoms with van der Waals surface area (Å²) in [5, 5.41) is 5.63. The first-order chi connectivity index (χ1) is 8.70. The Morgan fingerprint density at radius 3 is 2.89 bits per heavy atom. The van der Waals surface area contributed by atoms with Crippen LogP contribution in [-0.2, 0) is 19.4 Å². The van der Waals surface area contributed by atoms with Crippen molar-refractivity contribution < 1.29 is 0 Å². The third-order valence-electron chi connectivity index (χ3n) is 3.51. The summed E-state index contributed by atoms with van der Waals surface area (Å²) < 4.78 is 0. The van der Waals surface area contributed by atoms with Gasteiger partial charge in [0.1, 0.15) is 0 Å². The molecule has 1 heterocycles. The fraction of sp³-hybridized carbons (Fsp3) is 0.357. The molecule has 0 saturated carbocycles. The summed E-state index contributed by atoms with van der Waals surface area (Å²) in [7, 11) is 1.96. The van der Waals surface area contributed by atoms with Gasteiger partial charge in [0.05, 0.1) is 10.5 Å². The zero-order valence-corrected chi connectivity index (χ0v) is 11.7. The Bertz CT molecular complexity index is 623. The number of nitrogens with zero attached hydrogens (tertiary/aromatic N) is 1. The second-order valence-corrected chi connectivity index (χ2v) is 5.53. The van der Waals surface area contributed by atoms with Gasteiger partial charge in [-0.3, -0.25) is 4.98 Å². The molecule has 1 N–H and O–H groups in total. The highest BCUT2D eigenvalue weighted by molar-refractivity contribution is 6.38. The lowest BCUT2D eigenvalue weighted by Gasteiger charge is -2.13. The van der Waals surface area contributed by atoms with Gasteiger partial charge >= 0.3 is 0 Å². The maximum absolute atomic E-state index is 6.27. The van der Waals surface area contributed by atoms with E-state index in [1.165, 1.54) is 23.2 Å². The van der Waals surface area contributed by atoms with Crippen molar-refractivity contribution in [2.75, 3.05) is 7.05 Å². The van der Waals surface area contributed by atoms with Gasteiger partial charge in [0.25, 0.3) is 0 Å². The molecular weight excluding hydrogens is 267 g/mol. The first kappa shape index (κ1) is 12.2. The average molecular weight is 281 g/mol. The summed E-state index contributed by atoms with van der Waals surface area (Å²) in [6.45, 7) is 0.831. The molecule has 1 aliphatic rings. The molecule has 3 rings (SSSR count). The summed E-state index contributed by atoms with van der Waals surface area (Å²) in [6, 6.07) is 3.74. The van der Waals surface area contributed by atoms with E-state index >= 15 is 0 Å². The van der Waals surface area contributed by atoms with E-state index in [2.05, 4.69) is 5.32 Å². The molecule has 18 heavy (non-hydrogen) atoms. The maximum Gasteiger partial charge on any atom is 0.0895 e. The molecule has 0 unspecified atom stereocenters. The maximum atomic E-state index is 6.27. The summed E-state index contributed by atoms with van der Waals surface area (Å²) in [5.41, 5.74) is 4.78. The van der Waals surface area contributed by atoms with Gasteiger partial charge in [-0.25, -0.2) is 0 Å². The molecule has 2 aromatic rings. The van der Waals surface area contributed by atoms with Crippen LogP contribution < -0.4 is 5.32 Å². The van der Waals surface area contributed by atoms with Crippen LogP contribution in [0.3, 0.4) is 0 Å². The summed E-state index contributed by atoms with van der Waals surface area (Å²) >= 11 is 12.4. The van der Waals surface area contributed by atoms with E-state index in [1.54, 1.807) is 6.07 Å². The molecule has 2 nitrogen and oxygen atoms in total. The van der Waals surface area contributed by atoms with E-state index in [0.717, 1.165) is 30.3 Å². The molecule has 94 valence electrons. The van der Waals surface area contributed by atoms with Crippen molar-refractivity contribution >= 4 is 34.1 Å². The minimum atomic E-state index is 0.643. The van der Waals surface area contributed by atoms with E-state index in [0.29, 0.717) is 10.0 Å². The second-order valence-electron chi connectivity index (χ2n) is 4.68. The first-order valence-corrected chi connectivity index (χ1v) is 6.90. The number of fused-ring (bicyclic) bond motifs is 2. The highest BCUT2D eigenvalue weighted by Crippen LogP contribution is 2.34. The normalized spacial score (nSPS) is 14.2. The lowest BCUT2D eigenvalue weighted by atomic mass is 10.0. The van der Waals surface area contributed by atoms with E-state index < -0.39 is 0 Å². The highest BCUT2D eigenvalue weighted by atomic mass is 35.5. The van der Waals surface area contributed by atoms with Crippen molar-refractivity contribution in [3.8, 4) is 0 Å². The fourth-order valence-electron chi connectivity index (χ4n) is 2.76. The van der Waals surface area contributed by atoms with Crippen LogP contribution in [0.2, 0.25) is 10.0 Å². The van der Waals surface area contributed by atoms with E-state index in [-0.39, 0.29) is 0 Å². The quantitative estimate of drug-likeness (QED) is 0.906. The summed E-state index contributed by atoms with van der Waals surface area (Å²) in [6.07, 6.45) is 3.35. The number of pyridine rings is 1. The summed E-state index contributed by atoms with van der Waals surface area (Å²) in [4.78, 5) is 4.72. The number of hydrogen-bond donors (Lipinski definition) is 1. The Kier molecular flexibility index (Phi) is 3.18. The van der Waals surface area contributed by atoms with Crippen LogP contribution in [0.4, 0.5) is 0 Å². The summed E-state index contributed by atoms with van der Waals surface area (Å²) in [5.74, 6) is 0. The number of aryl methyl sites for hydroxylation is 1. The lowest BCUT2D eigenvalue weighted by molar-refractivity contribution is 0.809. The standard InChI is InChI=1S/C14H14Cl2N2/c1-17-7-11-9-3-2-4-13(9)18-14-10(11)5-8(15)6-12(14)16/h5-6,17H,2-4,7H2,1H3. The average Bonchev–Trinajstić information content (AvgIpc) is 2.78. The van der Waals surface area contributed by atoms with Crippen LogP contribution >= 0.6 is 23.2 Å². The van der Waals surface area contributed by atoms with Gasteiger partial charge in [-0.05, 0) is 49.6 Å². The Morgan fingerprint density at radius 1 is 1.28 bits per heavy atom. The number of rotatable bonds is 2. The smallest absolute Gasteiger partial charge is 0.0895 e. The van der Waals surface area contributed by atoms with Crippen LogP contribution in [-0.4, -0.2) is 12.0 Å². The minimum Gasteiger partial charge on any atom is -0.316 e. The van der Waals surface area contributed by atoms with Gasteiger partial charge in [0.2, 0.25) is 0 Å². The minimum absolute atomic E-state index is 0.643.